The van der Waals surface area contributed by atoms with Crippen molar-refractivity contribution < 1.29 is 33.6 Å². The Kier molecular flexibility index (Phi) is 7.99. The molecule has 1 saturated carbocycles. The molecular weight excluding hydrogens is 464 g/mol. The van der Waals surface area contributed by atoms with Gasteiger partial charge in [-0.05, 0) is 42.9 Å². The minimum absolute atomic E-state index is 0.118. The molecule has 2 amide bonds. The number of morpholine rings is 1. The van der Waals surface area contributed by atoms with Crippen molar-refractivity contribution in [3.63, 3.8) is 0 Å². The summed E-state index contributed by atoms with van der Waals surface area (Å²) in [6, 6.07) is 3.42. The van der Waals surface area contributed by atoms with E-state index in [1.54, 1.807) is 7.11 Å². The highest BCUT2D eigenvalue weighted by molar-refractivity contribution is 5.84. The number of nitrogens with zero attached hydrogens (tertiary/aromatic N) is 2. The lowest BCUT2D eigenvalue weighted by Crippen LogP contribution is -2.63. The van der Waals surface area contributed by atoms with Crippen LogP contribution in [-0.2, 0) is 20.7 Å². The molecule has 1 saturated heterocycles. The van der Waals surface area contributed by atoms with Crippen LogP contribution in [0.4, 0.5) is 4.79 Å². The van der Waals surface area contributed by atoms with Gasteiger partial charge in [-0.15, -0.1) is 0 Å². The number of amides is 2. The second-order valence-electron chi connectivity index (χ2n) is 11.0. The molecule has 3 atom stereocenters. The smallest absolute Gasteiger partial charge is 0.407 e. The van der Waals surface area contributed by atoms with Crippen molar-refractivity contribution in [2.24, 2.45) is 5.41 Å². The van der Waals surface area contributed by atoms with E-state index in [2.05, 4.69) is 6.07 Å². The average Bonchev–Trinajstić information content (AvgIpc) is 3.55. The molecule has 1 N–H and O–H groups in total. The molecule has 1 aromatic carbocycles. The molecule has 9 heteroatoms. The number of ether oxygens (including phenoxy) is 4. The fraction of sp³-hybridized carbons (Fsp3) is 0.704. The Morgan fingerprint density at radius 3 is 2.61 bits per heavy atom. The first-order chi connectivity index (χ1) is 17.1. The van der Waals surface area contributed by atoms with E-state index in [4.69, 9.17) is 18.9 Å². The van der Waals surface area contributed by atoms with Crippen molar-refractivity contribution in [1.29, 1.82) is 0 Å². The van der Waals surface area contributed by atoms with Crippen molar-refractivity contribution in [2.45, 2.75) is 77.6 Å². The number of benzene rings is 1. The van der Waals surface area contributed by atoms with Gasteiger partial charge in [-0.25, -0.2) is 4.79 Å². The minimum atomic E-state index is -1.02. The molecule has 200 valence electrons. The van der Waals surface area contributed by atoms with Gasteiger partial charge < -0.3 is 29.0 Å². The molecule has 2 fully saturated rings. The molecule has 36 heavy (non-hydrogen) atoms. The number of hydrogen-bond acceptors (Lipinski definition) is 6. The van der Waals surface area contributed by atoms with Gasteiger partial charge in [-0.2, -0.15) is 0 Å². The van der Waals surface area contributed by atoms with E-state index in [1.165, 1.54) is 4.90 Å². The third-order valence-electron chi connectivity index (χ3n) is 7.25. The van der Waals surface area contributed by atoms with Crippen LogP contribution in [0, 0.1) is 5.41 Å². The highest BCUT2D eigenvalue weighted by Crippen LogP contribution is 2.43. The van der Waals surface area contributed by atoms with Gasteiger partial charge in [0.05, 0.1) is 31.9 Å². The molecule has 4 rings (SSSR count). The van der Waals surface area contributed by atoms with E-state index in [0.29, 0.717) is 25.6 Å². The Morgan fingerprint density at radius 1 is 1.22 bits per heavy atom. The highest BCUT2D eigenvalue weighted by Gasteiger charge is 2.50. The second-order valence-corrected chi connectivity index (χ2v) is 11.0. The molecule has 0 aromatic heterocycles. The van der Waals surface area contributed by atoms with Crippen LogP contribution in [0.2, 0.25) is 0 Å². The molecule has 0 radical (unpaired) electrons. The van der Waals surface area contributed by atoms with E-state index < -0.39 is 23.7 Å². The Balaban J connectivity index is 1.62. The molecule has 3 aliphatic rings. The van der Waals surface area contributed by atoms with E-state index in [9.17, 15) is 14.7 Å². The maximum Gasteiger partial charge on any atom is 0.407 e. The zero-order chi connectivity index (χ0) is 26.0. The Hall–Kier alpha value is -2.52. The highest BCUT2D eigenvalue weighted by atomic mass is 16.5. The standard InChI is InChI=1S/C27H40N2O7/c1-17(19-15-18-9-13-35-22(18)21(16-19)34-12-6-11-33-5)29(20-7-8-20)25(30)23-24(27(2,3)4)28(26(31)32)10-14-36-23/h15-17,20,23-24H,6-14H2,1-5H3,(H,31,32). The number of methoxy groups -OCH3 is 1. The van der Waals surface area contributed by atoms with Crippen molar-refractivity contribution in [3.05, 3.63) is 23.3 Å². The first-order valence-corrected chi connectivity index (χ1v) is 13.0. The van der Waals surface area contributed by atoms with E-state index in [1.807, 2.05) is 38.7 Å². The quantitative estimate of drug-likeness (QED) is 0.510. The normalized spacial score (nSPS) is 22.5. The molecule has 0 bridgehead atoms. The maximum absolute atomic E-state index is 14.1. The monoisotopic (exact) mass is 504 g/mol. The summed E-state index contributed by atoms with van der Waals surface area (Å²) in [4.78, 5) is 29.4. The Labute approximate surface area is 213 Å². The number of carbonyl (C=O) groups excluding carboxylic acids is 1. The van der Waals surface area contributed by atoms with Crippen LogP contribution in [0.1, 0.15) is 64.1 Å². The van der Waals surface area contributed by atoms with Gasteiger partial charge in [-0.3, -0.25) is 9.69 Å². The number of carbonyl (C=O) groups is 2. The molecular formula is C27H40N2O7. The predicted octanol–water partition coefficient (Wildman–Crippen LogP) is 3.88. The second kappa shape index (κ2) is 10.8. The van der Waals surface area contributed by atoms with Crippen molar-refractivity contribution >= 4 is 12.0 Å². The van der Waals surface area contributed by atoms with Crippen molar-refractivity contribution in [3.8, 4) is 11.5 Å². The SMILES string of the molecule is COCCCOc1cc(C(C)N(C(=O)C2OCCN(C(=O)O)C2C(C)(C)C)C2CC2)cc2c1OCC2. The summed E-state index contributed by atoms with van der Waals surface area (Å²) in [5.41, 5.74) is 1.61. The molecule has 9 nitrogen and oxygen atoms in total. The van der Waals surface area contributed by atoms with Gasteiger partial charge in [0.2, 0.25) is 0 Å². The summed E-state index contributed by atoms with van der Waals surface area (Å²) >= 11 is 0. The molecule has 3 unspecified atom stereocenters. The Bertz CT molecular complexity index is 956. The van der Waals surface area contributed by atoms with Gasteiger partial charge in [0.1, 0.15) is 0 Å². The van der Waals surface area contributed by atoms with E-state index >= 15 is 0 Å². The average molecular weight is 505 g/mol. The zero-order valence-electron chi connectivity index (χ0n) is 22.1. The zero-order valence-corrected chi connectivity index (χ0v) is 22.1. The minimum Gasteiger partial charge on any atom is -0.490 e. The lowest BCUT2D eigenvalue weighted by molar-refractivity contribution is -0.163. The van der Waals surface area contributed by atoms with Crippen LogP contribution in [0.5, 0.6) is 11.5 Å². The third kappa shape index (κ3) is 5.57. The molecule has 2 heterocycles. The van der Waals surface area contributed by atoms with E-state index in [-0.39, 0.29) is 31.1 Å². The summed E-state index contributed by atoms with van der Waals surface area (Å²) in [7, 11) is 1.67. The number of hydrogen-bond donors (Lipinski definition) is 1. The predicted molar refractivity (Wildman–Crippen MR) is 134 cm³/mol. The van der Waals surface area contributed by atoms with Gasteiger partial charge in [-0.1, -0.05) is 20.8 Å². The summed E-state index contributed by atoms with van der Waals surface area (Å²) in [6.07, 6.45) is 1.56. The van der Waals surface area contributed by atoms with Crippen molar-refractivity contribution in [1.82, 2.24) is 9.80 Å². The van der Waals surface area contributed by atoms with Crippen molar-refractivity contribution in [2.75, 3.05) is 40.1 Å². The molecule has 0 spiro atoms. The molecule has 1 aliphatic carbocycles. The van der Waals surface area contributed by atoms with Gasteiger partial charge >= 0.3 is 6.09 Å². The lowest BCUT2D eigenvalue weighted by atomic mass is 9.81. The molecule has 2 aliphatic heterocycles. The summed E-state index contributed by atoms with van der Waals surface area (Å²) in [5, 5.41) is 9.86. The van der Waals surface area contributed by atoms with Crippen LogP contribution < -0.4 is 9.47 Å². The fourth-order valence-electron chi connectivity index (χ4n) is 5.39. The number of fused-ring (bicyclic) bond motifs is 1. The summed E-state index contributed by atoms with van der Waals surface area (Å²) < 4.78 is 23.1. The van der Waals surface area contributed by atoms with Gasteiger partial charge in [0, 0.05) is 44.7 Å². The summed E-state index contributed by atoms with van der Waals surface area (Å²) in [5.74, 6) is 1.34. The van der Waals surface area contributed by atoms with Crippen LogP contribution >= 0.6 is 0 Å². The maximum atomic E-state index is 14.1. The Morgan fingerprint density at radius 2 is 1.97 bits per heavy atom. The molecule has 1 aromatic rings. The van der Waals surface area contributed by atoms with Crippen LogP contribution in [-0.4, -0.2) is 85.2 Å². The third-order valence-corrected chi connectivity index (χ3v) is 7.25. The van der Waals surface area contributed by atoms with Crippen LogP contribution in [0.25, 0.3) is 0 Å². The number of carboxylic acid groups (broad SMARTS) is 1. The van der Waals surface area contributed by atoms with Crippen LogP contribution in [0.15, 0.2) is 12.1 Å². The first kappa shape index (κ1) is 26.5. The van der Waals surface area contributed by atoms with Crippen LogP contribution in [0.3, 0.4) is 0 Å². The largest absolute Gasteiger partial charge is 0.490 e. The first-order valence-electron chi connectivity index (χ1n) is 13.0. The van der Waals surface area contributed by atoms with Gasteiger partial charge in [0.25, 0.3) is 5.91 Å². The summed E-state index contributed by atoms with van der Waals surface area (Å²) in [6.45, 7) is 10.1. The topological polar surface area (TPSA) is 97.8 Å². The fourth-order valence-corrected chi connectivity index (χ4v) is 5.39. The van der Waals surface area contributed by atoms with E-state index in [0.717, 1.165) is 42.6 Å². The number of rotatable bonds is 9. The van der Waals surface area contributed by atoms with Gasteiger partial charge in [0.15, 0.2) is 17.6 Å². The lowest BCUT2D eigenvalue weighted by Gasteiger charge is -2.47.